The van der Waals surface area contributed by atoms with Gasteiger partial charge in [0.1, 0.15) is 11.5 Å². The summed E-state index contributed by atoms with van der Waals surface area (Å²) in [6, 6.07) is 34.8. The molecule has 146 valence electrons. The lowest BCUT2D eigenvalue weighted by Crippen LogP contribution is -1.86. The Labute approximate surface area is 176 Å². The second-order valence-corrected chi connectivity index (χ2v) is 7.57. The van der Waals surface area contributed by atoms with E-state index < -0.39 is 7.73 Å². The molecule has 4 aromatic carbocycles. The Kier molecular flexibility index (Phi) is 7.66. The summed E-state index contributed by atoms with van der Waals surface area (Å²) in [4.78, 5) is 9.09. The molecule has 0 fully saturated rings. The minimum Gasteiger partial charge on any atom is -0.507 e. The van der Waals surface area contributed by atoms with Crippen LogP contribution in [0.5, 0.6) is 11.5 Å². The SMILES string of the molecule is Oc1ccccc1-c1ccccc1OP(O)Cl.c1ccc(-c2ccccc2)cc1. The molecule has 3 nitrogen and oxygen atoms in total. The van der Waals surface area contributed by atoms with Crippen LogP contribution in [0.4, 0.5) is 0 Å². The Morgan fingerprint density at radius 3 is 1.55 bits per heavy atom. The third kappa shape index (κ3) is 6.07. The Morgan fingerprint density at radius 2 is 1.03 bits per heavy atom. The molecule has 5 heteroatoms. The maximum absolute atomic E-state index is 9.78. The second kappa shape index (κ2) is 10.6. The third-order valence-corrected chi connectivity index (χ3v) is 4.69. The van der Waals surface area contributed by atoms with Gasteiger partial charge in [0, 0.05) is 11.1 Å². The number of aromatic hydroxyl groups is 1. The van der Waals surface area contributed by atoms with Crippen LogP contribution in [-0.2, 0) is 0 Å². The summed E-state index contributed by atoms with van der Waals surface area (Å²) in [5, 5.41) is 9.78. The molecule has 0 spiro atoms. The number of halogens is 1. The summed E-state index contributed by atoms with van der Waals surface area (Å²) in [6.07, 6.45) is 0. The van der Waals surface area contributed by atoms with Crippen LogP contribution in [0.3, 0.4) is 0 Å². The Hall–Kier alpha value is -2.84. The molecule has 29 heavy (non-hydrogen) atoms. The van der Waals surface area contributed by atoms with Crippen LogP contribution in [0.25, 0.3) is 22.3 Å². The summed E-state index contributed by atoms with van der Waals surface area (Å²) in [7, 11) is -2.00. The van der Waals surface area contributed by atoms with Crippen molar-refractivity contribution < 1.29 is 14.5 Å². The average Bonchev–Trinajstić information content (AvgIpc) is 2.76. The molecule has 0 aliphatic rings. The first-order valence-electron chi connectivity index (χ1n) is 8.96. The molecule has 4 rings (SSSR count). The van der Waals surface area contributed by atoms with E-state index in [1.54, 1.807) is 36.4 Å². The molecular formula is C24H20ClO3P. The van der Waals surface area contributed by atoms with Crippen molar-refractivity contribution >= 4 is 19.0 Å². The molecule has 0 radical (unpaired) electrons. The van der Waals surface area contributed by atoms with E-state index in [9.17, 15) is 5.11 Å². The normalized spacial score (nSPS) is 11.1. The van der Waals surface area contributed by atoms with Crippen molar-refractivity contribution in [1.82, 2.24) is 0 Å². The van der Waals surface area contributed by atoms with E-state index in [1.165, 1.54) is 11.1 Å². The lowest BCUT2D eigenvalue weighted by Gasteiger charge is -2.11. The highest BCUT2D eigenvalue weighted by molar-refractivity contribution is 7.75. The molecule has 0 aliphatic carbocycles. The van der Waals surface area contributed by atoms with E-state index >= 15 is 0 Å². The van der Waals surface area contributed by atoms with E-state index in [0.717, 1.165) is 0 Å². The van der Waals surface area contributed by atoms with E-state index in [0.29, 0.717) is 16.9 Å². The summed E-state index contributed by atoms with van der Waals surface area (Å²) in [5.41, 5.74) is 3.88. The largest absolute Gasteiger partial charge is 0.507 e. The minimum absolute atomic E-state index is 0.153. The van der Waals surface area contributed by atoms with Gasteiger partial charge in [-0.3, -0.25) is 0 Å². The standard InChI is InChI=1S/C12H10ClO3P.C12H10/c13-17(15)16-12-8-4-2-6-10(12)9-5-1-3-7-11(9)14;1-3-7-11(8-4-1)12-9-5-2-6-10-12/h1-8,14-15H;1-10H. The number of phenolic OH excluding ortho intramolecular Hbond substituents is 1. The molecule has 1 unspecified atom stereocenters. The predicted molar refractivity (Wildman–Crippen MR) is 121 cm³/mol. The lowest BCUT2D eigenvalue weighted by molar-refractivity contribution is 0.476. The summed E-state index contributed by atoms with van der Waals surface area (Å²) < 4.78 is 5.13. The van der Waals surface area contributed by atoms with Crippen LogP contribution in [0.1, 0.15) is 0 Å². The van der Waals surface area contributed by atoms with Gasteiger partial charge in [-0.2, -0.15) is 0 Å². The zero-order valence-electron chi connectivity index (χ0n) is 15.5. The predicted octanol–water partition coefficient (Wildman–Crippen LogP) is 7.25. The van der Waals surface area contributed by atoms with Crippen LogP contribution in [0.15, 0.2) is 109 Å². The van der Waals surface area contributed by atoms with Gasteiger partial charge < -0.3 is 14.5 Å². The van der Waals surface area contributed by atoms with E-state index in [4.69, 9.17) is 20.7 Å². The van der Waals surface area contributed by atoms with Crippen molar-refractivity contribution in [2.45, 2.75) is 0 Å². The van der Waals surface area contributed by atoms with Crippen LogP contribution in [-0.4, -0.2) is 10.00 Å². The van der Waals surface area contributed by atoms with E-state index in [1.807, 2.05) is 24.3 Å². The van der Waals surface area contributed by atoms with Crippen molar-refractivity contribution in [3.05, 3.63) is 109 Å². The van der Waals surface area contributed by atoms with Crippen LogP contribution in [0, 0.1) is 0 Å². The van der Waals surface area contributed by atoms with Crippen LogP contribution >= 0.6 is 19.0 Å². The van der Waals surface area contributed by atoms with Crippen LogP contribution in [0.2, 0.25) is 0 Å². The van der Waals surface area contributed by atoms with Crippen molar-refractivity contribution in [3.63, 3.8) is 0 Å². The van der Waals surface area contributed by atoms with Gasteiger partial charge in [-0.1, -0.05) is 97.1 Å². The summed E-state index contributed by atoms with van der Waals surface area (Å²) in [5.74, 6) is 0.595. The molecule has 0 heterocycles. The number of benzene rings is 4. The fourth-order valence-electron chi connectivity index (χ4n) is 2.81. The van der Waals surface area contributed by atoms with Crippen molar-refractivity contribution in [2.24, 2.45) is 0 Å². The molecular weight excluding hydrogens is 403 g/mol. The highest BCUT2D eigenvalue weighted by Crippen LogP contribution is 2.43. The van der Waals surface area contributed by atoms with E-state index in [2.05, 4.69) is 48.5 Å². The zero-order valence-corrected chi connectivity index (χ0v) is 17.2. The lowest BCUT2D eigenvalue weighted by atomic mass is 10.0. The molecule has 0 amide bonds. The molecule has 2 N–H and O–H groups in total. The van der Waals surface area contributed by atoms with Crippen molar-refractivity contribution in [3.8, 4) is 33.8 Å². The summed E-state index contributed by atoms with van der Waals surface area (Å²) in [6.45, 7) is 0. The number of hydrogen-bond acceptors (Lipinski definition) is 3. The van der Waals surface area contributed by atoms with Gasteiger partial charge in [-0.25, -0.2) is 0 Å². The third-order valence-electron chi connectivity index (χ3n) is 4.14. The fourth-order valence-corrected chi connectivity index (χ4v) is 3.36. The first kappa shape index (κ1) is 20.9. The molecule has 4 aromatic rings. The minimum atomic E-state index is -2.00. The summed E-state index contributed by atoms with van der Waals surface area (Å²) >= 11 is 5.45. The zero-order chi connectivity index (χ0) is 20.5. The number of hydrogen-bond donors (Lipinski definition) is 2. The first-order valence-corrected chi connectivity index (χ1v) is 11.1. The van der Waals surface area contributed by atoms with Gasteiger partial charge in [-0.15, -0.1) is 0 Å². The van der Waals surface area contributed by atoms with Gasteiger partial charge in [0.15, 0.2) is 0 Å². The van der Waals surface area contributed by atoms with Gasteiger partial charge in [-0.05, 0) is 34.5 Å². The number of rotatable bonds is 4. The van der Waals surface area contributed by atoms with Gasteiger partial charge >= 0.3 is 7.73 Å². The molecule has 0 aromatic heterocycles. The van der Waals surface area contributed by atoms with Crippen molar-refractivity contribution in [2.75, 3.05) is 0 Å². The second-order valence-electron chi connectivity index (χ2n) is 6.06. The maximum Gasteiger partial charge on any atom is 0.335 e. The average molecular weight is 423 g/mol. The molecule has 0 saturated carbocycles. The first-order chi connectivity index (χ1) is 14.1. The maximum atomic E-state index is 9.78. The Morgan fingerprint density at radius 1 is 0.586 bits per heavy atom. The Balaban J connectivity index is 0.000000176. The molecule has 0 bridgehead atoms. The van der Waals surface area contributed by atoms with Gasteiger partial charge in [0.25, 0.3) is 0 Å². The van der Waals surface area contributed by atoms with E-state index in [-0.39, 0.29) is 5.75 Å². The number of phenols is 1. The monoisotopic (exact) mass is 422 g/mol. The van der Waals surface area contributed by atoms with Gasteiger partial charge in [0.2, 0.25) is 0 Å². The van der Waals surface area contributed by atoms with Crippen molar-refractivity contribution in [1.29, 1.82) is 0 Å². The fraction of sp³-hybridized carbons (Fsp3) is 0. The topological polar surface area (TPSA) is 49.7 Å². The highest BCUT2D eigenvalue weighted by atomic mass is 35.7. The molecule has 1 atom stereocenters. The quantitative estimate of drug-likeness (QED) is 0.340. The Bertz CT molecular complexity index is 987. The van der Waals surface area contributed by atoms with Crippen LogP contribution < -0.4 is 4.52 Å². The number of para-hydroxylation sites is 2. The smallest absolute Gasteiger partial charge is 0.335 e. The highest BCUT2D eigenvalue weighted by Gasteiger charge is 2.12. The molecule has 0 aliphatic heterocycles. The van der Waals surface area contributed by atoms with Gasteiger partial charge in [0.05, 0.1) is 0 Å². The molecule has 0 saturated heterocycles.